The van der Waals surface area contributed by atoms with Gasteiger partial charge >= 0.3 is 11.9 Å². The van der Waals surface area contributed by atoms with E-state index in [1.807, 2.05) is 0 Å². The highest BCUT2D eigenvalue weighted by molar-refractivity contribution is 5.88. The summed E-state index contributed by atoms with van der Waals surface area (Å²) < 4.78 is 9.30. The maximum atomic E-state index is 10.8. The van der Waals surface area contributed by atoms with E-state index in [0.717, 1.165) is 12.8 Å². The minimum absolute atomic E-state index is 0.344. The van der Waals surface area contributed by atoms with Crippen molar-refractivity contribution in [2.75, 3.05) is 13.2 Å². The van der Waals surface area contributed by atoms with Crippen molar-refractivity contribution < 1.29 is 19.1 Å². The van der Waals surface area contributed by atoms with Crippen LogP contribution < -0.4 is 0 Å². The van der Waals surface area contributed by atoms with Gasteiger partial charge in [-0.15, -0.1) is 0 Å². The zero-order valence-corrected chi connectivity index (χ0v) is 10.9. The molecular formula is C14H18O4. The quantitative estimate of drug-likeness (QED) is 0.322. The molecule has 0 aromatic rings. The van der Waals surface area contributed by atoms with Gasteiger partial charge < -0.3 is 9.47 Å². The topological polar surface area (TPSA) is 52.6 Å². The van der Waals surface area contributed by atoms with Crippen molar-refractivity contribution in [1.82, 2.24) is 0 Å². The Morgan fingerprint density at radius 3 is 1.56 bits per heavy atom. The molecular weight excluding hydrogens is 232 g/mol. The van der Waals surface area contributed by atoms with E-state index in [9.17, 15) is 9.59 Å². The van der Waals surface area contributed by atoms with E-state index in [4.69, 9.17) is 0 Å². The predicted octanol–water partition coefficient (Wildman–Crippen LogP) is 1.68. The highest BCUT2D eigenvalue weighted by Crippen LogP contribution is 1.97. The third kappa shape index (κ3) is 10.6. The lowest BCUT2D eigenvalue weighted by molar-refractivity contribution is -0.137. The molecule has 98 valence electrons. The van der Waals surface area contributed by atoms with Gasteiger partial charge in [0, 0.05) is 24.7 Å². The van der Waals surface area contributed by atoms with Crippen LogP contribution in [0.4, 0.5) is 0 Å². The van der Waals surface area contributed by atoms with E-state index in [2.05, 4.69) is 33.2 Å². The molecule has 0 rings (SSSR count). The molecule has 0 radical (unpaired) electrons. The van der Waals surface area contributed by atoms with Crippen molar-refractivity contribution in [2.45, 2.75) is 39.5 Å². The maximum Gasteiger partial charge on any atom is 0.384 e. The third-order valence-electron chi connectivity index (χ3n) is 1.79. The molecule has 0 heterocycles. The van der Waals surface area contributed by atoms with Crippen LogP contribution in [0.15, 0.2) is 0 Å². The van der Waals surface area contributed by atoms with Crippen LogP contribution in [-0.2, 0) is 19.1 Å². The number of unbranched alkanes of at least 4 members (excludes halogenated alkanes) is 3. The van der Waals surface area contributed by atoms with Gasteiger partial charge in [-0.05, 0) is 26.7 Å². The number of hydrogen-bond donors (Lipinski definition) is 0. The van der Waals surface area contributed by atoms with Crippen LogP contribution in [0.1, 0.15) is 39.5 Å². The molecule has 0 aromatic carbocycles. The fourth-order valence-corrected chi connectivity index (χ4v) is 1.03. The number of ether oxygens (including phenoxy) is 2. The van der Waals surface area contributed by atoms with Crippen molar-refractivity contribution in [3.8, 4) is 23.7 Å². The van der Waals surface area contributed by atoms with Gasteiger partial charge in [-0.25, -0.2) is 9.59 Å². The van der Waals surface area contributed by atoms with Crippen molar-refractivity contribution >= 4 is 11.9 Å². The van der Waals surface area contributed by atoms with Gasteiger partial charge in [0.2, 0.25) is 0 Å². The molecule has 18 heavy (non-hydrogen) atoms. The lowest BCUT2D eigenvalue weighted by atomic mass is 10.2. The first-order valence-electron chi connectivity index (χ1n) is 6.02. The van der Waals surface area contributed by atoms with Crippen LogP contribution in [0.3, 0.4) is 0 Å². The summed E-state index contributed by atoms with van der Waals surface area (Å²) in [6.45, 7) is 4.16. The van der Waals surface area contributed by atoms with Gasteiger partial charge in [-0.2, -0.15) is 0 Å². The minimum atomic E-state index is -0.486. The standard InChI is InChI=1S/C14H18O4/c1-3-17-13(15)11-9-7-5-6-8-10-12-14(16)18-4-2/h3-8H2,1-2H3. The van der Waals surface area contributed by atoms with Crippen molar-refractivity contribution in [2.24, 2.45) is 0 Å². The van der Waals surface area contributed by atoms with Crippen LogP contribution in [0, 0.1) is 23.7 Å². The lowest BCUT2D eigenvalue weighted by Crippen LogP contribution is -1.99. The Labute approximate surface area is 108 Å². The Balaban J connectivity index is 3.57. The van der Waals surface area contributed by atoms with Crippen LogP contribution in [-0.4, -0.2) is 25.2 Å². The van der Waals surface area contributed by atoms with Crippen LogP contribution in [0.25, 0.3) is 0 Å². The van der Waals surface area contributed by atoms with Gasteiger partial charge in [0.15, 0.2) is 0 Å². The molecule has 0 atom stereocenters. The Morgan fingerprint density at radius 2 is 1.22 bits per heavy atom. The summed E-state index contributed by atoms with van der Waals surface area (Å²) in [5.41, 5.74) is 0. The Bertz CT molecular complexity index is 338. The zero-order valence-electron chi connectivity index (χ0n) is 10.9. The second-order valence-corrected chi connectivity index (χ2v) is 3.25. The number of carbonyl (C=O) groups is 2. The molecule has 4 nitrogen and oxygen atoms in total. The first kappa shape index (κ1) is 16.1. The van der Waals surface area contributed by atoms with Gasteiger partial charge in [-0.3, -0.25) is 0 Å². The van der Waals surface area contributed by atoms with E-state index in [1.165, 1.54) is 0 Å². The SMILES string of the molecule is CCOC(=O)C#CCCCCC#CC(=O)OCC. The van der Waals surface area contributed by atoms with Crippen LogP contribution in [0.5, 0.6) is 0 Å². The highest BCUT2D eigenvalue weighted by Gasteiger charge is 1.92. The number of esters is 2. The molecule has 0 spiro atoms. The van der Waals surface area contributed by atoms with Crippen LogP contribution >= 0.6 is 0 Å². The summed E-state index contributed by atoms with van der Waals surface area (Å²) >= 11 is 0. The predicted molar refractivity (Wildman–Crippen MR) is 67.3 cm³/mol. The van der Waals surface area contributed by atoms with E-state index >= 15 is 0 Å². The molecule has 0 saturated heterocycles. The summed E-state index contributed by atoms with van der Waals surface area (Å²) in [5.74, 6) is 9.25. The molecule has 4 heteroatoms. The van der Waals surface area contributed by atoms with E-state index in [1.54, 1.807) is 13.8 Å². The normalized spacial score (nSPS) is 8.33. The van der Waals surface area contributed by atoms with Crippen molar-refractivity contribution in [3.63, 3.8) is 0 Å². The third-order valence-corrected chi connectivity index (χ3v) is 1.79. The largest absolute Gasteiger partial charge is 0.456 e. The second-order valence-electron chi connectivity index (χ2n) is 3.25. The fraction of sp³-hybridized carbons (Fsp3) is 0.571. The van der Waals surface area contributed by atoms with Crippen LogP contribution in [0.2, 0.25) is 0 Å². The van der Waals surface area contributed by atoms with Crippen molar-refractivity contribution in [3.05, 3.63) is 0 Å². The molecule has 0 aliphatic rings. The van der Waals surface area contributed by atoms with Gasteiger partial charge in [0.05, 0.1) is 13.2 Å². The number of rotatable bonds is 5. The fourth-order valence-electron chi connectivity index (χ4n) is 1.03. The Morgan fingerprint density at radius 1 is 0.833 bits per heavy atom. The summed E-state index contributed by atoms with van der Waals surface area (Å²) in [7, 11) is 0. The minimum Gasteiger partial charge on any atom is -0.456 e. The Kier molecular flexibility index (Phi) is 10.3. The van der Waals surface area contributed by atoms with Crippen molar-refractivity contribution in [1.29, 1.82) is 0 Å². The summed E-state index contributed by atoms with van der Waals surface area (Å²) in [6, 6.07) is 0. The number of hydrogen-bond acceptors (Lipinski definition) is 4. The van der Waals surface area contributed by atoms with E-state index in [-0.39, 0.29) is 0 Å². The molecule has 0 saturated carbocycles. The van der Waals surface area contributed by atoms with Gasteiger partial charge in [-0.1, -0.05) is 11.8 Å². The first-order valence-corrected chi connectivity index (χ1v) is 6.02. The van der Waals surface area contributed by atoms with Gasteiger partial charge in [0.25, 0.3) is 0 Å². The summed E-state index contributed by atoms with van der Waals surface area (Å²) in [4.78, 5) is 21.7. The van der Waals surface area contributed by atoms with Gasteiger partial charge in [0.1, 0.15) is 0 Å². The monoisotopic (exact) mass is 250 g/mol. The average Bonchev–Trinajstić information content (AvgIpc) is 2.33. The number of carbonyl (C=O) groups excluding carboxylic acids is 2. The smallest absolute Gasteiger partial charge is 0.384 e. The van der Waals surface area contributed by atoms with E-state index < -0.39 is 11.9 Å². The molecule has 0 amide bonds. The van der Waals surface area contributed by atoms with E-state index in [0.29, 0.717) is 26.1 Å². The molecule has 0 unspecified atom stereocenters. The molecule has 0 bridgehead atoms. The zero-order chi connectivity index (χ0) is 13.6. The molecule has 0 fully saturated rings. The highest BCUT2D eigenvalue weighted by atomic mass is 16.5. The first-order chi connectivity index (χ1) is 8.70. The lowest BCUT2D eigenvalue weighted by Gasteiger charge is -1.92. The molecule has 0 N–H and O–H groups in total. The maximum absolute atomic E-state index is 10.8. The second kappa shape index (κ2) is 11.5. The molecule has 0 aliphatic carbocycles. The summed E-state index contributed by atoms with van der Waals surface area (Å²) in [5, 5.41) is 0. The summed E-state index contributed by atoms with van der Waals surface area (Å²) in [6.07, 6.45) is 2.92. The average molecular weight is 250 g/mol. The Hall–Kier alpha value is -1.94. The molecule has 0 aromatic heterocycles. The molecule has 0 aliphatic heterocycles.